The van der Waals surface area contributed by atoms with Crippen molar-refractivity contribution in [2.45, 2.75) is 50.3 Å². The first-order valence-electron chi connectivity index (χ1n) is 7.16. The lowest BCUT2D eigenvalue weighted by Crippen LogP contribution is -2.42. The van der Waals surface area contributed by atoms with Crippen molar-refractivity contribution < 1.29 is 13.7 Å². The molecule has 2 unspecified atom stereocenters. The lowest BCUT2D eigenvalue weighted by Gasteiger charge is -2.28. The summed E-state index contributed by atoms with van der Waals surface area (Å²) in [6.07, 6.45) is 3.09. The fraction of sp³-hybridized carbons (Fsp3) is 0.600. The van der Waals surface area contributed by atoms with Crippen LogP contribution in [0.5, 0.6) is 0 Å². The largest absolute Gasteiger partial charge is 0.444 e. The van der Waals surface area contributed by atoms with E-state index in [9.17, 15) is 9.00 Å². The van der Waals surface area contributed by atoms with Crippen LogP contribution >= 0.6 is 0 Å². The number of carbonyl (C=O) groups is 1. The second kappa shape index (κ2) is 6.56. The van der Waals surface area contributed by atoms with Crippen LogP contribution in [0.1, 0.15) is 33.6 Å². The van der Waals surface area contributed by atoms with Crippen LogP contribution in [0, 0.1) is 0 Å². The van der Waals surface area contributed by atoms with Gasteiger partial charge < -0.3 is 9.64 Å². The van der Waals surface area contributed by atoms with Gasteiger partial charge in [-0.25, -0.2) is 9.78 Å². The number of nitrogens with zero attached hydrogens (tertiary/aromatic N) is 2. The Morgan fingerprint density at radius 2 is 2.24 bits per heavy atom. The summed E-state index contributed by atoms with van der Waals surface area (Å²) in [4.78, 5) is 18.0. The fourth-order valence-electron chi connectivity index (χ4n) is 2.31. The van der Waals surface area contributed by atoms with Crippen LogP contribution in [0.2, 0.25) is 0 Å². The molecule has 1 saturated heterocycles. The van der Waals surface area contributed by atoms with Gasteiger partial charge in [-0.3, -0.25) is 4.21 Å². The molecule has 0 aliphatic carbocycles. The van der Waals surface area contributed by atoms with Crippen LogP contribution in [0.4, 0.5) is 4.79 Å². The predicted molar refractivity (Wildman–Crippen MR) is 81.5 cm³/mol. The Bertz CT molecular complexity index is 513. The average molecular weight is 310 g/mol. The summed E-state index contributed by atoms with van der Waals surface area (Å²) in [5, 5.41) is 0.563. The lowest BCUT2D eigenvalue weighted by atomic mass is 10.2. The van der Waals surface area contributed by atoms with Gasteiger partial charge in [0.25, 0.3) is 0 Å². The molecule has 1 aromatic rings. The second-order valence-electron chi connectivity index (χ2n) is 6.15. The Hall–Kier alpha value is -1.43. The molecule has 0 aromatic carbocycles. The van der Waals surface area contributed by atoms with E-state index in [0.717, 1.165) is 12.8 Å². The molecule has 0 radical (unpaired) electrons. The van der Waals surface area contributed by atoms with Gasteiger partial charge in [0, 0.05) is 18.8 Å². The molecule has 1 aromatic heterocycles. The fourth-order valence-corrected chi connectivity index (χ4v) is 3.59. The van der Waals surface area contributed by atoms with E-state index in [0.29, 0.717) is 17.3 Å². The first-order chi connectivity index (χ1) is 9.87. The summed E-state index contributed by atoms with van der Waals surface area (Å²) in [7, 11) is -1.19. The summed E-state index contributed by atoms with van der Waals surface area (Å²) in [5.41, 5.74) is -0.510. The third-order valence-corrected chi connectivity index (χ3v) is 4.62. The number of ether oxygens (including phenoxy) is 1. The molecule has 1 aliphatic rings. The summed E-state index contributed by atoms with van der Waals surface area (Å²) in [6.45, 7) is 6.21. The molecule has 1 fully saturated rings. The van der Waals surface area contributed by atoms with E-state index in [2.05, 4.69) is 4.98 Å². The summed E-state index contributed by atoms with van der Waals surface area (Å²) < 4.78 is 17.7. The van der Waals surface area contributed by atoms with Gasteiger partial charge in [0.2, 0.25) is 0 Å². The van der Waals surface area contributed by atoms with Gasteiger partial charge in [0.1, 0.15) is 10.6 Å². The molecule has 116 valence electrons. The molecule has 0 bridgehead atoms. The molecule has 2 atom stereocenters. The highest BCUT2D eigenvalue weighted by atomic mass is 32.2. The highest BCUT2D eigenvalue weighted by Gasteiger charge is 2.33. The first kappa shape index (κ1) is 15.9. The quantitative estimate of drug-likeness (QED) is 0.861. The molecule has 0 spiro atoms. The minimum atomic E-state index is -1.19. The molecule has 0 saturated carbocycles. The van der Waals surface area contributed by atoms with Crippen molar-refractivity contribution in [1.82, 2.24) is 9.88 Å². The van der Waals surface area contributed by atoms with Crippen LogP contribution in [-0.2, 0) is 15.5 Å². The number of likely N-dealkylation sites (tertiary alicyclic amines) is 1. The SMILES string of the molecule is CC(C)(C)OC(=O)N1CCCC1CS(=O)c1ccccn1. The Labute approximate surface area is 128 Å². The lowest BCUT2D eigenvalue weighted by molar-refractivity contribution is 0.0241. The summed E-state index contributed by atoms with van der Waals surface area (Å²) in [5.74, 6) is 0.413. The zero-order chi connectivity index (χ0) is 15.5. The third kappa shape index (κ3) is 4.52. The van der Waals surface area contributed by atoms with E-state index in [4.69, 9.17) is 4.74 Å². The van der Waals surface area contributed by atoms with E-state index in [1.165, 1.54) is 0 Å². The Kier molecular flexibility index (Phi) is 4.98. The Balaban J connectivity index is 1.99. The zero-order valence-corrected chi connectivity index (χ0v) is 13.6. The van der Waals surface area contributed by atoms with Gasteiger partial charge in [-0.05, 0) is 45.7 Å². The smallest absolute Gasteiger partial charge is 0.410 e. The van der Waals surface area contributed by atoms with Crippen LogP contribution in [-0.4, -0.2) is 44.1 Å². The Morgan fingerprint density at radius 1 is 1.48 bits per heavy atom. The van der Waals surface area contributed by atoms with E-state index in [-0.39, 0.29) is 12.1 Å². The maximum Gasteiger partial charge on any atom is 0.410 e. The van der Waals surface area contributed by atoms with Crippen molar-refractivity contribution in [3.8, 4) is 0 Å². The van der Waals surface area contributed by atoms with E-state index >= 15 is 0 Å². The van der Waals surface area contributed by atoms with Crippen LogP contribution in [0.25, 0.3) is 0 Å². The van der Waals surface area contributed by atoms with Crippen molar-refractivity contribution in [3.63, 3.8) is 0 Å². The second-order valence-corrected chi connectivity index (χ2v) is 7.59. The first-order valence-corrected chi connectivity index (χ1v) is 8.48. The molecule has 2 rings (SSSR count). The van der Waals surface area contributed by atoms with Crippen LogP contribution in [0.15, 0.2) is 29.4 Å². The molecular formula is C15H22N2O3S. The van der Waals surface area contributed by atoms with Crippen molar-refractivity contribution in [2.75, 3.05) is 12.3 Å². The topological polar surface area (TPSA) is 59.5 Å². The molecular weight excluding hydrogens is 288 g/mol. The number of amides is 1. The minimum absolute atomic E-state index is 0.0392. The molecule has 1 amide bonds. The number of carbonyl (C=O) groups excluding carboxylic acids is 1. The monoisotopic (exact) mass is 310 g/mol. The molecule has 21 heavy (non-hydrogen) atoms. The average Bonchev–Trinajstić information content (AvgIpc) is 2.86. The molecule has 5 nitrogen and oxygen atoms in total. The van der Waals surface area contributed by atoms with Gasteiger partial charge in [0.05, 0.1) is 16.6 Å². The highest BCUT2D eigenvalue weighted by molar-refractivity contribution is 7.85. The van der Waals surface area contributed by atoms with E-state index < -0.39 is 16.4 Å². The number of aromatic nitrogens is 1. The number of rotatable bonds is 3. The van der Waals surface area contributed by atoms with Gasteiger partial charge in [-0.15, -0.1) is 0 Å². The number of hydrogen-bond acceptors (Lipinski definition) is 4. The minimum Gasteiger partial charge on any atom is -0.444 e. The molecule has 0 N–H and O–H groups in total. The van der Waals surface area contributed by atoms with Crippen molar-refractivity contribution in [3.05, 3.63) is 24.4 Å². The van der Waals surface area contributed by atoms with E-state index in [1.807, 2.05) is 26.8 Å². The number of pyridine rings is 1. The van der Waals surface area contributed by atoms with Gasteiger partial charge in [-0.2, -0.15) is 0 Å². The maximum absolute atomic E-state index is 12.3. The maximum atomic E-state index is 12.3. The predicted octanol–water partition coefficient (Wildman–Crippen LogP) is 2.59. The van der Waals surface area contributed by atoms with Crippen LogP contribution in [0.3, 0.4) is 0 Å². The summed E-state index contributed by atoms with van der Waals surface area (Å²) in [6, 6.07) is 5.33. The zero-order valence-electron chi connectivity index (χ0n) is 12.7. The van der Waals surface area contributed by atoms with Gasteiger partial charge >= 0.3 is 6.09 Å². The normalized spacial score (nSPS) is 20.3. The van der Waals surface area contributed by atoms with Gasteiger partial charge in [-0.1, -0.05) is 6.07 Å². The van der Waals surface area contributed by atoms with Crippen LogP contribution < -0.4 is 0 Å². The summed E-state index contributed by atoms with van der Waals surface area (Å²) >= 11 is 0. The molecule has 6 heteroatoms. The van der Waals surface area contributed by atoms with Gasteiger partial charge in [0.15, 0.2) is 0 Å². The van der Waals surface area contributed by atoms with Crippen molar-refractivity contribution >= 4 is 16.9 Å². The third-order valence-electron chi connectivity index (χ3n) is 3.22. The molecule has 2 heterocycles. The molecule has 1 aliphatic heterocycles. The highest BCUT2D eigenvalue weighted by Crippen LogP contribution is 2.22. The van der Waals surface area contributed by atoms with Crippen molar-refractivity contribution in [1.29, 1.82) is 0 Å². The Morgan fingerprint density at radius 3 is 2.86 bits per heavy atom. The van der Waals surface area contributed by atoms with E-state index in [1.54, 1.807) is 23.2 Å². The standard InChI is InChI=1S/C15H22N2O3S/c1-15(2,3)20-14(18)17-10-6-7-12(17)11-21(19)13-8-4-5-9-16-13/h4-5,8-9,12H,6-7,10-11H2,1-3H3. The number of hydrogen-bond donors (Lipinski definition) is 0. The van der Waals surface area contributed by atoms with Crippen molar-refractivity contribution in [2.24, 2.45) is 0 Å².